The van der Waals surface area contributed by atoms with Crippen molar-refractivity contribution in [2.75, 3.05) is 17.3 Å². The molecule has 0 radical (unpaired) electrons. The second kappa shape index (κ2) is 8.67. The number of hydrogen-bond donors (Lipinski definition) is 1. The summed E-state index contributed by atoms with van der Waals surface area (Å²) in [6.45, 7) is 0. The Balaban J connectivity index is 1.36. The lowest BCUT2D eigenvalue weighted by molar-refractivity contribution is 0.0923. The molecule has 5 rings (SSSR count). The molecule has 3 amide bonds. The first-order valence-electron chi connectivity index (χ1n) is 10.7. The molecule has 4 aromatic carbocycles. The fraction of sp³-hybridized carbons (Fsp3) is 0.0357. The number of nitrogens with one attached hydrogen (secondary N) is 1. The topological polar surface area (TPSA) is 75.7 Å². The molecule has 0 saturated heterocycles. The van der Waals surface area contributed by atoms with Crippen LogP contribution in [0.2, 0.25) is 0 Å². The third kappa shape index (κ3) is 3.71. The summed E-state index contributed by atoms with van der Waals surface area (Å²) >= 11 is 0. The van der Waals surface area contributed by atoms with E-state index in [0.29, 0.717) is 33.8 Å². The minimum absolute atomic E-state index is 0.282. The van der Waals surface area contributed by atoms with Gasteiger partial charge in [-0.15, -0.1) is 0 Å². The van der Waals surface area contributed by atoms with E-state index in [2.05, 4.69) is 5.32 Å². The molecular formula is C28H20N2O4. The van der Waals surface area contributed by atoms with E-state index in [0.717, 1.165) is 16.0 Å². The normalized spacial score (nSPS) is 12.4. The SMILES string of the molecule is COc1cc(NC(=O)c2ccc(-c3ccccc3)cc2)ccc1N1C(=O)c2ccccc2C1=O. The Labute approximate surface area is 196 Å². The third-order valence-corrected chi connectivity index (χ3v) is 5.73. The number of rotatable bonds is 5. The summed E-state index contributed by atoms with van der Waals surface area (Å²) in [5, 5.41) is 2.84. The molecule has 1 N–H and O–H groups in total. The molecule has 0 aromatic heterocycles. The number of methoxy groups -OCH3 is 1. The number of amides is 3. The Bertz CT molecular complexity index is 1380. The number of benzene rings is 4. The standard InChI is InChI=1S/C28H20N2O4/c1-34-25-17-21(15-16-24(25)30-27(32)22-9-5-6-10-23(22)28(30)33)29-26(31)20-13-11-19(12-14-20)18-7-3-2-4-8-18/h2-17H,1H3,(H,29,31). The first-order valence-corrected chi connectivity index (χ1v) is 10.7. The zero-order valence-electron chi connectivity index (χ0n) is 18.3. The van der Waals surface area contributed by atoms with E-state index in [4.69, 9.17) is 4.74 Å². The van der Waals surface area contributed by atoms with E-state index in [9.17, 15) is 14.4 Å². The molecule has 0 unspecified atom stereocenters. The molecule has 1 aliphatic heterocycles. The maximum absolute atomic E-state index is 12.8. The van der Waals surface area contributed by atoms with Crippen molar-refractivity contribution < 1.29 is 19.1 Å². The van der Waals surface area contributed by atoms with Gasteiger partial charge in [0.25, 0.3) is 17.7 Å². The highest BCUT2D eigenvalue weighted by Crippen LogP contribution is 2.36. The van der Waals surface area contributed by atoms with Crippen molar-refractivity contribution in [3.63, 3.8) is 0 Å². The highest BCUT2D eigenvalue weighted by molar-refractivity contribution is 6.34. The van der Waals surface area contributed by atoms with Gasteiger partial charge in [0.2, 0.25) is 0 Å². The lowest BCUT2D eigenvalue weighted by Gasteiger charge is -2.18. The largest absolute Gasteiger partial charge is 0.494 e. The fourth-order valence-corrected chi connectivity index (χ4v) is 4.00. The van der Waals surface area contributed by atoms with E-state index < -0.39 is 11.8 Å². The van der Waals surface area contributed by atoms with Crippen molar-refractivity contribution in [2.45, 2.75) is 0 Å². The maximum Gasteiger partial charge on any atom is 0.266 e. The number of anilines is 2. The van der Waals surface area contributed by atoms with Gasteiger partial charge < -0.3 is 10.1 Å². The number of hydrogen-bond acceptors (Lipinski definition) is 4. The van der Waals surface area contributed by atoms with Gasteiger partial charge in [0.15, 0.2) is 0 Å². The van der Waals surface area contributed by atoms with Crippen molar-refractivity contribution in [3.05, 3.63) is 114 Å². The van der Waals surface area contributed by atoms with E-state index in [1.165, 1.54) is 7.11 Å². The number of nitrogens with zero attached hydrogens (tertiary/aromatic N) is 1. The predicted molar refractivity (Wildman–Crippen MR) is 130 cm³/mol. The zero-order valence-corrected chi connectivity index (χ0v) is 18.3. The fourth-order valence-electron chi connectivity index (χ4n) is 4.00. The summed E-state index contributed by atoms with van der Waals surface area (Å²) in [7, 11) is 1.45. The van der Waals surface area contributed by atoms with Crippen molar-refractivity contribution in [1.82, 2.24) is 0 Å². The minimum Gasteiger partial charge on any atom is -0.494 e. The summed E-state index contributed by atoms with van der Waals surface area (Å²) in [4.78, 5) is 39.5. The van der Waals surface area contributed by atoms with Crippen LogP contribution in [-0.2, 0) is 0 Å². The lowest BCUT2D eigenvalue weighted by Crippen LogP contribution is -2.29. The molecule has 6 nitrogen and oxygen atoms in total. The Morgan fingerprint density at radius 1 is 0.735 bits per heavy atom. The van der Waals surface area contributed by atoms with Crippen molar-refractivity contribution >= 4 is 29.1 Å². The van der Waals surface area contributed by atoms with Gasteiger partial charge in [0, 0.05) is 17.3 Å². The predicted octanol–water partition coefficient (Wildman–Crippen LogP) is 5.42. The minimum atomic E-state index is -0.408. The first-order chi connectivity index (χ1) is 16.6. The molecule has 0 bridgehead atoms. The molecule has 0 saturated carbocycles. The van der Waals surface area contributed by atoms with Gasteiger partial charge in [-0.1, -0.05) is 54.6 Å². The third-order valence-electron chi connectivity index (χ3n) is 5.73. The zero-order chi connectivity index (χ0) is 23.7. The molecule has 0 atom stereocenters. The summed E-state index contributed by atoms with van der Waals surface area (Å²) in [5.74, 6) is -0.801. The molecule has 1 heterocycles. The quantitative estimate of drug-likeness (QED) is 0.414. The van der Waals surface area contributed by atoms with Crippen LogP contribution in [-0.4, -0.2) is 24.8 Å². The van der Waals surface area contributed by atoms with Gasteiger partial charge in [-0.2, -0.15) is 0 Å². The highest BCUT2D eigenvalue weighted by Gasteiger charge is 2.37. The molecule has 166 valence electrons. The van der Waals surface area contributed by atoms with E-state index in [-0.39, 0.29) is 5.91 Å². The average molecular weight is 448 g/mol. The van der Waals surface area contributed by atoms with Gasteiger partial charge in [-0.3, -0.25) is 14.4 Å². The molecule has 6 heteroatoms. The second-order valence-corrected chi connectivity index (χ2v) is 7.78. The van der Waals surface area contributed by atoms with Crippen LogP contribution < -0.4 is 15.0 Å². The van der Waals surface area contributed by atoms with Crippen LogP contribution in [0.5, 0.6) is 5.75 Å². The lowest BCUT2D eigenvalue weighted by atomic mass is 10.0. The van der Waals surface area contributed by atoms with Crippen LogP contribution in [0.1, 0.15) is 31.1 Å². The smallest absolute Gasteiger partial charge is 0.266 e. The van der Waals surface area contributed by atoms with Crippen molar-refractivity contribution in [1.29, 1.82) is 0 Å². The molecule has 0 spiro atoms. The summed E-state index contributed by atoms with van der Waals surface area (Å²) < 4.78 is 5.45. The maximum atomic E-state index is 12.8. The van der Waals surface area contributed by atoms with Crippen LogP contribution in [0.3, 0.4) is 0 Å². The van der Waals surface area contributed by atoms with Crippen LogP contribution in [0.15, 0.2) is 97.1 Å². The number of carbonyl (C=O) groups is 3. The number of fused-ring (bicyclic) bond motifs is 1. The van der Waals surface area contributed by atoms with Crippen LogP contribution in [0, 0.1) is 0 Å². The molecule has 34 heavy (non-hydrogen) atoms. The van der Waals surface area contributed by atoms with Crippen molar-refractivity contribution in [2.24, 2.45) is 0 Å². The molecule has 0 fully saturated rings. The van der Waals surface area contributed by atoms with Gasteiger partial charge in [-0.05, 0) is 47.5 Å². The summed E-state index contributed by atoms with van der Waals surface area (Å²) in [6, 6.07) is 28.8. The second-order valence-electron chi connectivity index (χ2n) is 7.78. The van der Waals surface area contributed by atoms with Gasteiger partial charge in [-0.25, -0.2) is 4.90 Å². The summed E-state index contributed by atoms with van der Waals surface area (Å²) in [5.41, 5.74) is 4.10. The van der Waals surface area contributed by atoms with Crippen molar-refractivity contribution in [3.8, 4) is 16.9 Å². The molecule has 0 aliphatic carbocycles. The Kier molecular flexibility index (Phi) is 5.40. The average Bonchev–Trinajstić information content (AvgIpc) is 3.14. The van der Waals surface area contributed by atoms with E-state index >= 15 is 0 Å². The summed E-state index contributed by atoms with van der Waals surface area (Å²) in [6.07, 6.45) is 0. The van der Waals surface area contributed by atoms with Crippen LogP contribution in [0.25, 0.3) is 11.1 Å². The van der Waals surface area contributed by atoms with Gasteiger partial charge in [0.1, 0.15) is 5.75 Å². The number of ether oxygens (including phenoxy) is 1. The molecular weight excluding hydrogens is 428 g/mol. The first kappa shape index (κ1) is 21.2. The van der Waals surface area contributed by atoms with Gasteiger partial charge >= 0.3 is 0 Å². The van der Waals surface area contributed by atoms with E-state index in [1.54, 1.807) is 54.6 Å². The highest BCUT2D eigenvalue weighted by atomic mass is 16.5. The monoisotopic (exact) mass is 448 g/mol. The number of carbonyl (C=O) groups excluding carboxylic acids is 3. The molecule has 4 aromatic rings. The van der Waals surface area contributed by atoms with Gasteiger partial charge in [0.05, 0.1) is 23.9 Å². The Morgan fingerprint density at radius 2 is 1.32 bits per heavy atom. The Hall–Kier alpha value is -4.71. The molecule has 1 aliphatic rings. The van der Waals surface area contributed by atoms with Crippen LogP contribution in [0.4, 0.5) is 11.4 Å². The van der Waals surface area contributed by atoms with Crippen LogP contribution >= 0.6 is 0 Å². The van der Waals surface area contributed by atoms with E-state index in [1.807, 2.05) is 42.5 Å². The Morgan fingerprint density at radius 3 is 1.94 bits per heavy atom. The number of imide groups is 1.